The molecular formula is C11H8ClN3O4. The lowest BCUT2D eigenvalue weighted by Gasteiger charge is -2.08. The lowest BCUT2D eigenvalue weighted by molar-refractivity contribution is -0.384. The summed E-state index contributed by atoms with van der Waals surface area (Å²) in [5.74, 6) is 0. The van der Waals surface area contributed by atoms with Gasteiger partial charge in [0.2, 0.25) is 0 Å². The first kappa shape index (κ1) is 13.0. The van der Waals surface area contributed by atoms with Gasteiger partial charge >= 0.3 is 5.69 Å². The van der Waals surface area contributed by atoms with Crippen LogP contribution in [0.25, 0.3) is 5.69 Å². The number of rotatable bonds is 2. The molecule has 0 aliphatic carbocycles. The maximum absolute atomic E-state index is 11.9. The number of benzene rings is 1. The van der Waals surface area contributed by atoms with E-state index in [4.69, 9.17) is 11.6 Å². The molecular weight excluding hydrogens is 274 g/mol. The SMILES string of the molecule is Cn1c(=O)ccn(-c2ccc([N+](=O)[O-])cc2Cl)c1=O. The van der Waals surface area contributed by atoms with Crippen LogP contribution < -0.4 is 11.2 Å². The number of nitro groups is 1. The van der Waals surface area contributed by atoms with Crippen LogP contribution in [0.5, 0.6) is 0 Å². The van der Waals surface area contributed by atoms with Crippen LogP contribution >= 0.6 is 11.6 Å². The first-order valence-electron chi connectivity index (χ1n) is 5.15. The molecule has 0 spiro atoms. The average molecular weight is 282 g/mol. The van der Waals surface area contributed by atoms with Gasteiger partial charge in [-0.25, -0.2) is 4.79 Å². The molecule has 19 heavy (non-hydrogen) atoms. The predicted octanol–water partition coefficient (Wildman–Crippen LogP) is 1.10. The second kappa shape index (κ2) is 4.69. The summed E-state index contributed by atoms with van der Waals surface area (Å²) in [7, 11) is 1.33. The number of nitrogens with zero attached hydrogens (tertiary/aromatic N) is 3. The maximum Gasteiger partial charge on any atom is 0.335 e. The molecule has 0 N–H and O–H groups in total. The Labute approximate surface area is 111 Å². The van der Waals surface area contributed by atoms with Gasteiger partial charge in [-0.15, -0.1) is 0 Å². The lowest BCUT2D eigenvalue weighted by Crippen LogP contribution is -2.36. The molecule has 0 aliphatic heterocycles. The number of non-ortho nitro benzene ring substituents is 1. The molecule has 0 amide bonds. The Morgan fingerprint density at radius 2 is 1.95 bits per heavy atom. The van der Waals surface area contributed by atoms with Crippen molar-refractivity contribution in [2.45, 2.75) is 0 Å². The second-order valence-corrected chi connectivity index (χ2v) is 4.17. The van der Waals surface area contributed by atoms with E-state index in [9.17, 15) is 19.7 Å². The van der Waals surface area contributed by atoms with Crippen LogP contribution in [0.15, 0.2) is 40.1 Å². The van der Waals surface area contributed by atoms with Gasteiger partial charge < -0.3 is 0 Å². The van der Waals surface area contributed by atoms with Crippen molar-refractivity contribution in [3.8, 4) is 5.69 Å². The number of halogens is 1. The minimum atomic E-state index is -0.584. The molecule has 1 aromatic carbocycles. The molecule has 0 fully saturated rings. The highest BCUT2D eigenvalue weighted by molar-refractivity contribution is 6.32. The van der Waals surface area contributed by atoms with E-state index in [0.29, 0.717) is 0 Å². The van der Waals surface area contributed by atoms with Crippen LogP contribution in [0.3, 0.4) is 0 Å². The van der Waals surface area contributed by atoms with E-state index in [2.05, 4.69) is 0 Å². The quantitative estimate of drug-likeness (QED) is 0.609. The van der Waals surface area contributed by atoms with Gasteiger partial charge in [-0.05, 0) is 6.07 Å². The van der Waals surface area contributed by atoms with Gasteiger partial charge in [0.05, 0.1) is 15.6 Å². The number of hydrogen-bond donors (Lipinski definition) is 0. The van der Waals surface area contributed by atoms with Gasteiger partial charge in [-0.1, -0.05) is 11.6 Å². The Bertz CT molecular complexity index is 778. The molecule has 0 unspecified atom stereocenters. The smallest absolute Gasteiger partial charge is 0.269 e. The lowest BCUT2D eigenvalue weighted by atomic mass is 10.3. The molecule has 0 saturated heterocycles. The molecule has 0 radical (unpaired) electrons. The monoisotopic (exact) mass is 281 g/mol. The fourth-order valence-electron chi connectivity index (χ4n) is 1.56. The van der Waals surface area contributed by atoms with Crippen molar-refractivity contribution >= 4 is 17.3 Å². The fraction of sp³-hybridized carbons (Fsp3) is 0.0909. The Morgan fingerprint density at radius 3 is 2.53 bits per heavy atom. The molecule has 0 saturated carbocycles. The van der Waals surface area contributed by atoms with Crippen LogP contribution in [0.1, 0.15) is 0 Å². The van der Waals surface area contributed by atoms with Gasteiger partial charge in [0.15, 0.2) is 0 Å². The largest absolute Gasteiger partial charge is 0.335 e. The summed E-state index contributed by atoms with van der Waals surface area (Å²) in [6.07, 6.45) is 1.28. The van der Waals surface area contributed by atoms with Crippen LogP contribution in [0.4, 0.5) is 5.69 Å². The summed E-state index contributed by atoms with van der Waals surface area (Å²) >= 11 is 5.92. The van der Waals surface area contributed by atoms with Crippen molar-refractivity contribution in [2.24, 2.45) is 7.05 Å². The van der Waals surface area contributed by atoms with E-state index >= 15 is 0 Å². The summed E-state index contributed by atoms with van der Waals surface area (Å²) in [6.45, 7) is 0. The third-order valence-electron chi connectivity index (χ3n) is 2.59. The Hall–Kier alpha value is -2.41. The third kappa shape index (κ3) is 2.27. The molecule has 2 rings (SSSR count). The zero-order chi connectivity index (χ0) is 14.2. The Balaban J connectivity index is 2.67. The van der Waals surface area contributed by atoms with Crippen LogP contribution in [0, 0.1) is 10.1 Å². The van der Waals surface area contributed by atoms with Crippen molar-refractivity contribution in [3.05, 3.63) is 66.4 Å². The van der Waals surface area contributed by atoms with E-state index in [-0.39, 0.29) is 16.4 Å². The van der Waals surface area contributed by atoms with Gasteiger partial charge in [-0.2, -0.15) is 0 Å². The van der Waals surface area contributed by atoms with Crippen molar-refractivity contribution in [1.29, 1.82) is 0 Å². The van der Waals surface area contributed by atoms with E-state index in [1.54, 1.807) is 0 Å². The topological polar surface area (TPSA) is 87.1 Å². The molecule has 0 bridgehead atoms. The van der Waals surface area contributed by atoms with Gasteiger partial charge in [0, 0.05) is 31.4 Å². The summed E-state index contributed by atoms with van der Waals surface area (Å²) < 4.78 is 2.06. The summed E-state index contributed by atoms with van der Waals surface area (Å²) in [4.78, 5) is 33.2. The highest BCUT2D eigenvalue weighted by atomic mass is 35.5. The van der Waals surface area contributed by atoms with Crippen molar-refractivity contribution < 1.29 is 4.92 Å². The molecule has 1 heterocycles. The molecule has 7 nitrogen and oxygen atoms in total. The predicted molar refractivity (Wildman–Crippen MR) is 68.9 cm³/mol. The normalized spacial score (nSPS) is 10.4. The van der Waals surface area contributed by atoms with E-state index in [1.165, 1.54) is 31.4 Å². The zero-order valence-electron chi connectivity index (χ0n) is 9.74. The van der Waals surface area contributed by atoms with Crippen LogP contribution in [-0.2, 0) is 7.05 Å². The summed E-state index contributed by atoms with van der Waals surface area (Å²) in [5.41, 5.74) is -0.929. The van der Waals surface area contributed by atoms with Crippen LogP contribution in [0.2, 0.25) is 5.02 Å². The van der Waals surface area contributed by atoms with Crippen molar-refractivity contribution in [1.82, 2.24) is 9.13 Å². The number of aromatic nitrogens is 2. The molecule has 1 aromatic heterocycles. The minimum absolute atomic E-state index is 0.0509. The fourth-order valence-corrected chi connectivity index (χ4v) is 1.82. The summed E-state index contributed by atoms with van der Waals surface area (Å²) in [5, 5.41) is 10.7. The highest BCUT2D eigenvalue weighted by Gasteiger charge is 2.12. The maximum atomic E-state index is 11.9. The molecule has 2 aromatic rings. The minimum Gasteiger partial charge on any atom is -0.269 e. The highest BCUT2D eigenvalue weighted by Crippen LogP contribution is 2.24. The molecule has 0 aliphatic rings. The molecule has 98 valence electrons. The van der Waals surface area contributed by atoms with Crippen LogP contribution in [-0.4, -0.2) is 14.1 Å². The molecule has 8 heteroatoms. The average Bonchev–Trinajstić information content (AvgIpc) is 2.37. The van der Waals surface area contributed by atoms with Gasteiger partial charge in [-0.3, -0.25) is 24.0 Å². The summed E-state index contributed by atoms with van der Waals surface area (Å²) in [6, 6.07) is 4.94. The first-order valence-corrected chi connectivity index (χ1v) is 5.52. The Morgan fingerprint density at radius 1 is 1.26 bits per heavy atom. The number of nitro benzene ring substituents is 1. The Kier molecular flexibility index (Phi) is 3.22. The van der Waals surface area contributed by atoms with Gasteiger partial charge in [0.25, 0.3) is 11.2 Å². The van der Waals surface area contributed by atoms with E-state index in [0.717, 1.165) is 15.2 Å². The molecule has 0 atom stereocenters. The second-order valence-electron chi connectivity index (χ2n) is 3.76. The van der Waals surface area contributed by atoms with Crippen molar-refractivity contribution in [3.63, 3.8) is 0 Å². The van der Waals surface area contributed by atoms with Gasteiger partial charge in [0.1, 0.15) is 0 Å². The third-order valence-corrected chi connectivity index (χ3v) is 2.89. The standard InChI is InChI=1S/C11H8ClN3O4/c1-13-10(16)4-5-14(11(13)17)9-3-2-7(15(18)19)6-8(9)12/h2-6H,1H3. The zero-order valence-corrected chi connectivity index (χ0v) is 10.5. The van der Waals surface area contributed by atoms with E-state index < -0.39 is 16.2 Å². The van der Waals surface area contributed by atoms with Crippen molar-refractivity contribution in [2.75, 3.05) is 0 Å². The number of hydrogen-bond acceptors (Lipinski definition) is 4. The first-order chi connectivity index (χ1) is 8.91. The van der Waals surface area contributed by atoms with E-state index in [1.807, 2.05) is 0 Å².